The van der Waals surface area contributed by atoms with Crippen LogP contribution in [0.4, 0.5) is 0 Å². The van der Waals surface area contributed by atoms with Crippen LogP contribution >= 0.6 is 0 Å². The van der Waals surface area contributed by atoms with Gasteiger partial charge in [-0.1, -0.05) is 12.1 Å². The van der Waals surface area contributed by atoms with Gasteiger partial charge in [0, 0.05) is 18.8 Å². The highest BCUT2D eigenvalue weighted by atomic mass is 16.4. The van der Waals surface area contributed by atoms with Gasteiger partial charge in [0.05, 0.1) is 11.4 Å². The van der Waals surface area contributed by atoms with Crippen LogP contribution in [0.2, 0.25) is 0 Å². The number of hydrogen-bond donors (Lipinski definition) is 2. The minimum absolute atomic E-state index is 0.0629. The Balaban J connectivity index is 1.92. The van der Waals surface area contributed by atoms with Gasteiger partial charge in [-0.3, -0.25) is 4.98 Å². The van der Waals surface area contributed by atoms with Gasteiger partial charge in [0.15, 0.2) is 0 Å². The molecule has 2 aromatic rings. The third kappa shape index (κ3) is 3.86. The number of aryl methyl sites for hydroxylation is 1. The average molecular weight is 257 g/mol. The highest BCUT2D eigenvalue weighted by Crippen LogP contribution is 2.01. The second kappa shape index (κ2) is 6.06. The minimum Gasteiger partial charge on any atom is -0.477 e. The molecule has 0 aliphatic heterocycles. The van der Waals surface area contributed by atoms with Crippen molar-refractivity contribution in [3.8, 4) is 0 Å². The molecule has 2 aromatic heterocycles. The quantitative estimate of drug-likeness (QED) is 0.853. The number of rotatable bonds is 5. The monoisotopic (exact) mass is 257 g/mol. The third-order valence-corrected chi connectivity index (χ3v) is 2.58. The first-order valence-corrected chi connectivity index (χ1v) is 5.97. The molecule has 0 spiro atoms. The second-order valence-corrected chi connectivity index (χ2v) is 4.19. The number of aromatic nitrogens is 2. The molecular formula is C14H15N3O2. The standard InChI is InChI=1S/C14H15N3O2/c1-10-4-2-5-11(16-10)8-15-9-12-6-3-7-13(17-12)14(18)19/h2-7,15H,8-9H2,1H3,(H,18,19). The van der Waals surface area contributed by atoms with Gasteiger partial charge >= 0.3 is 5.97 Å². The van der Waals surface area contributed by atoms with E-state index in [9.17, 15) is 4.79 Å². The summed E-state index contributed by atoms with van der Waals surface area (Å²) in [7, 11) is 0. The Kier molecular flexibility index (Phi) is 4.20. The zero-order valence-corrected chi connectivity index (χ0v) is 10.6. The van der Waals surface area contributed by atoms with E-state index in [0.717, 1.165) is 11.4 Å². The SMILES string of the molecule is Cc1cccc(CNCc2cccc(C(=O)O)n2)n1. The lowest BCUT2D eigenvalue weighted by atomic mass is 10.3. The molecule has 0 unspecified atom stereocenters. The van der Waals surface area contributed by atoms with Crippen molar-refractivity contribution in [1.29, 1.82) is 0 Å². The topological polar surface area (TPSA) is 75.1 Å². The molecule has 0 bridgehead atoms. The number of nitrogens with one attached hydrogen (secondary N) is 1. The minimum atomic E-state index is -1.01. The van der Waals surface area contributed by atoms with Crippen molar-refractivity contribution < 1.29 is 9.90 Å². The molecule has 2 rings (SSSR count). The normalized spacial score (nSPS) is 10.4. The van der Waals surface area contributed by atoms with Crippen molar-refractivity contribution in [3.63, 3.8) is 0 Å². The summed E-state index contributed by atoms with van der Waals surface area (Å²) in [6.07, 6.45) is 0. The molecule has 2 N–H and O–H groups in total. The first-order valence-electron chi connectivity index (χ1n) is 5.97. The molecule has 0 fully saturated rings. The summed E-state index contributed by atoms with van der Waals surface area (Å²) >= 11 is 0. The number of hydrogen-bond acceptors (Lipinski definition) is 4. The summed E-state index contributed by atoms with van der Waals surface area (Å²) < 4.78 is 0. The Morgan fingerprint density at radius 2 is 1.74 bits per heavy atom. The van der Waals surface area contributed by atoms with E-state index >= 15 is 0 Å². The summed E-state index contributed by atoms with van der Waals surface area (Å²) in [5.74, 6) is -1.01. The van der Waals surface area contributed by atoms with Crippen LogP contribution in [-0.4, -0.2) is 21.0 Å². The Bertz CT molecular complexity index is 584. The molecule has 19 heavy (non-hydrogen) atoms. The van der Waals surface area contributed by atoms with Gasteiger partial charge in [0.25, 0.3) is 0 Å². The Morgan fingerprint density at radius 3 is 2.37 bits per heavy atom. The van der Waals surface area contributed by atoms with Gasteiger partial charge in [-0.05, 0) is 31.2 Å². The van der Waals surface area contributed by atoms with Crippen molar-refractivity contribution in [2.75, 3.05) is 0 Å². The van der Waals surface area contributed by atoms with Gasteiger partial charge in [0.2, 0.25) is 0 Å². The molecule has 0 radical (unpaired) electrons. The van der Waals surface area contributed by atoms with Gasteiger partial charge in [-0.15, -0.1) is 0 Å². The van der Waals surface area contributed by atoms with Crippen molar-refractivity contribution in [2.45, 2.75) is 20.0 Å². The van der Waals surface area contributed by atoms with Crippen LogP contribution in [0.1, 0.15) is 27.6 Å². The molecule has 5 nitrogen and oxygen atoms in total. The molecule has 0 aromatic carbocycles. The fourth-order valence-corrected chi connectivity index (χ4v) is 1.71. The van der Waals surface area contributed by atoms with Crippen molar-refractivity contribution in [3.05, 3.63) is 59.2 Å². The maximum Gasteiger partial charge on any atom is 0.354 e. The molecule has 0 amide bonds. The van der Waals surface area contributed by atoms with Crippen LogP contribution < -0.4 is 5.32 Å². The Morgan fingerprint density at radius 1 is 1.11 bits per heavy atom. The van der Waals surface area contributed by atoms with Gasteiger partial charge in [-0.2, -0.15) is 0 Å². The predicted octanol–water partition coefficient (Wildman–Crippen LogP) is 1.77. The summed E-state index contributed by atoms with van der Waals surface area (Å²) in [6, 6.07) is 10.8. The van der Waals surface area contributed by atoms with E-state index in [4.69, 9.17) is 5.11 Å². The molecule has 98 valence electrons. The summed E-state index contributed by atoms with van der Waals surface area (Å²) in [6.45, 7) is 3.08. The molecule has 0 aliphatic carbocycles. The summed E-state index contributed by atoms with van der Waals surface area (Å²) in [5, 5.41) is 12.0. The second-order valence-electron chi connectivity index (χ2n) is 4.19. The van der Waals surface area contributed by atoms with E-state index in [1.165, 1.54) is 6.07 Å². The number of carboxylic acid groups (broad SMARTS) is 1. The van der Waals surface area contributed by atoms with E-state index in [-0.39, 0.29) is 5.69 Å². The fourth-order valence-electron chi connectivity index (χ4n) is 1.71. The van der Waals surface area contributed by atoms with E-state index in [1.54, 1.807) is 12.1 Å². The van der Waals surface area contributed by atoms with Crippen molar-refractivity contribution in [1.82, 2.24) is 15.3 Å². The van der Waals surface area contributed by atoms with Crippen molar-refractivity contribution >= 4 is 5.97 Å². The molecule has 0 atom stereocenters. The third-order valence-electron chi connectivity index (χ3n) is 2.58. The van der Waals surface area contributed by atoms with Gasteiger partial charge in [-0.25, -0.2) is 9.78 Å². The smallest absolute Gasteiger partial charge is 0.354 e. The first-order chi connectivity index (χ1) is 9.15. The van der Waals surface area contributed by atoms with Crippen LogP contribution in [0.15, 0.2) is 36.4 Å². The van der Waals surface area contributed by atoms with Crippen LogP contribution in [-0.2, 0) is 13.1 Å². The number of nitrogens with zero attached hydrogens (tertiary/aromatic N) is 2. The molecule has 2 heterocycles. The Hall–Kier alpha value is -2.27. The van der Waals surface area contributed by atoms with Gasteiger partial charge in [0.1, 0.15) is 5.69 Å². The van der Waals surface area contributed by atoms with Crippen LogP contribution in [0.5, 0.6) is 0 Å². The number of aromatic carboxylic acids is 1. The molecule has 0 saturated heterocycles. The molecule has 0 aliphatic rings. The van der Waals surface area contributed by atoms with E-state index in [0.29, 0.717) is 18.8 Å². The van der Waals surface area contributed by atoms with Crippen LogP contribution in [0, 0.1) is 6.92 Å². The highest BCUT2D eigenvalue weighted by Gasteiger charge is 2.04. The lowest BCUT2D eigenvalue weighted by Crippen LogP contribution is -2.15. The van der Waals surface area contributed by atoms with Crippen LogP contribution in [0.3, 0.4) is 0 Å². The van der Waals surface area contributed by atoms with Gasteiger partial charge < -0.3 is 10.4 Å². The highest BCUT2D eigenvalue weighted by molar-refractivity contribution is 5.85. The lowest BCUT2D eigenvalue weighted by molar-refractivity contribution is 0.0690. The van der Waals surface area contributed by atoms with E-state index in [2.05, 4.69) is 15.3 Å². The van der Waals surface area contributed by atoms with E-state index < -0.39 is 5.97 Å². The van der Waals surface area contributed by atoms with E-state index in [1.807, 2.05) is 25.1 Å². The lowest BCUT2D eigenvalue weighted by Gasteiger charge is -2.05. The molecule has 5 heteroatoms. The van der Waals surface area contributed by atoms with Crippen LogP contribution in [0.25, 0.3) is 0 Å². The molecule has 0 saturated carbocycles. The fraction of sp³-hybridized carbons (Fsp3) is 0.214. The molecular weight excluding hydrogens is 242 g/mol. The zero-order chi connectivity index (χ0) is 13.7. The maximum atomic E-state index is 10.8. The summed E-state index contributed by atoms with van der Waals surface area (Å²) in [4.78, 5) is 19.2. The number of pyridine rings is 2. The van der Waals surface area contributed by atoms with Crippen molar-refractivity contribution in [2.24, 2.45) is 0 Å². The number of carbonyl (C=O) groups is 1. The maximum absolute atomic E-state index is 10.8. The summed E-state index contributed by atoms with van der Waals surface area (Å²) in [5.41, 5.74) is 2.69. The first kappa shape index (κ1) is 13.2. The zero-order valence-electron chi connectivity index (χ0n) is 10.6. The average Bonchev–Trinajstić information content (AvgIpc) is 2.39. The Labute approximate surface area is 111 Å². The number of carboxylic acids is 1. The largest absolute Gasteiger partial charge is 0.477 e. The predicted molar refractivity (Wildman–Crippen MR) is 70.7 cm³/mol.